The molecule has 120 valence electrons. The molecule has 0 spiro atoms. The third-order valence-corrected chi connectivity index (χ3v) is 5.37. The van der Waals surface area contributed by atoms with Gasteiger partial charge in [0.15, 0.2) is 0 Å². The quantitative estimate of drug-likeness (QED) is 0.913. The van der Waals surface area contributed by atoms with E-state index in [-0.39, 0.29) is 11.3 Å². The SMILES string of the molecule is CC(C)(C)c1ccc(CC(=O)C2CC3CCCC(C2)N3)cc1. The van der Waals surface area contributed by atoms with Crippen LogP contribution in [-0.2, 0) is 16.6 Å². The van der Waals surface area contributed by atoms with E-state index in [2.05, 4.69) is 50.4 Å². The van der Waals surface area contributed by atoms with E-state index >= 15 is 0 Å². The number of carbonyl (C=O) groups excluding carboxylic acids is 1. The first kappa shape index (κ1) is 15.7. The van der Waals surface area contributed by atoms with Crippen LogP contribution in [-0.4, -0.2) is 17.9 Å². The maximum atomic E-state index is 12.7. The number of hydrogen-bond donors (Lipinski definition) is 1. The van der Waals surface area contributed by atoms with Gasteiger partial charge in [-0.2, -0.15) is 0 Å². The van der Waals surface area contributed by atoms with Gasteiger partial charge in [-0.05, 0) is 42.2 Å². The summed E-state index contributed by atoms with van der Waals surface area (Å²) in [4.78, 5) is 12.7. The lowest BCUT2D eigenvalue weighted by molar-refractivity contribution is -0.124. The summed E-state index contributed by atoms with van der Waals surface area (Å²) < 4.78 is 0. The molecular weight excluding hydrogens is 270 g/mol. The van der Waals surface area contributed by atoms with Gasteiger partial charge >= 0.3 is 0 Å². The van der Waals surface area contributed by atoms with E-state index in [4.69, 9.17) is 0 Å². The molecule has 2 bridgehead atoms. The molecule has 0 saturated carbocycles. The molecule has 2 nitrogen and oxygen atoms in total. The van der Waals surface area contributed by atoms with Crippen molar-refractivity contribution in [3.05, 3.63) is 35.4 Å². The normalized spacial score (nSPS) is 28.4. The Kier molecular flexibility index (Phi) is 4.40. The first-order chi connectivity index (χ1) is 10.4. The zero-order valence-electron chi connectivity index (χ0n) is 14.2. The minimum absolute atomic E-state index is 0.176. The van der Waals surface area contributed by atoms with Crippen molar-refractivity contribution in [2.24, 2.45) is 5.92 Å². The van der Waals surface area contributed by atoms with Gasteiger partial charge in [-0.3, -0.25) is 4.79 Å². The van der Waals surface area contributed by atoms with Crippen molar-refractivity contribution in [1.29, 1.82) is 0 Å². The molecule has 1 aromatic rings. The zero-order valence-corrected chi connectivity index (χ0v) is 14.2. The standard InChI is InChI=1S/C20H29NO/c1-20(2,3)16-9-7-14(8-10-16)11-19(22)15-12-17-5-4-6-18(13-15)21-17/h7-10,15,17-18,21H,4-6,11-13H2,1-3H3. The molecule has 1 aromatic carbocycles. The van der Waals surface area contributed by atoms with Crippen LogP contribution in [0.2, 0.25) is 0 Å². The lowest BCUT2D eigenvalue weighted by Gasteiger charge is -2.39. The Morgan fingerprint density at radius 1 is 1.09 bits per heavy atom. The zero-order chi connectivity index (χ0) is 15.7. The lowest BCUT2D eigenvalue weighted by Crippen LogP contribution is -2.50. The molecule has 0 aromatic heterocycles. The maximum absolute atomic E-state index is 12.7. The van der Waals surface area contributed by atoms with Gasteiger partial charge in [-0.25, -0.2) is 0 Å². The number of nitrogens with one attached hydrogen (secondary N) is 1. The van der Waals surface area contributed by atoms with Gasteiger partial charge in [0.1, 0.15) is 5.78 Å². The van der Waals surface area contributed by atoms with Gasteiger partial charge in [0.2, 0.25) is 0 Å². The summed E-state index contributed by atoms with van der Waals surface area (Å²) in [5.74, 6) is 0.723. The number of fused-ring (bicyclic) bond motifs is 2. The topological polar surface area (TPSA) is 29.1 Å². The minimum Gasteiger partial charge on any atom is -0.311 e. The first-order valence-electron chi connectivity index (χ1n) is 8.80. The summed E-state index contributed by atoms with van der Waals surface area (Å²) in [6.07, 6.45) is 6.54. The fourth-order valence-corrected chi connectivity index (χ4v) is 4.00. The maximum Gasteiger partial charge on any atom is 0.140 e. The Labute approximate surface area is 134 Å². The fourth-order valence-electron chi connectivity index (χ4n) is 4.00. The predicted octanol–water partition coefficient (Wildman–Crippen LogP) is 4.02. The number of carbonyl (C=O) groups is 1. The highest BCUT2D eigenvalue weighted by molar-refractivity contribution is 5.83. The third kappa shape index (κ3) is 3.60. The monoisotopic (exact) mass is 299 g/mol. The number of benzene rings is 1. The summed E-state index contributed by atoms with van der Waals surface area (Å²) >= 11 is 0. The molecule has 2 atom stereocenters. The van der Waals surface area contributed by atoms with Gasteiger partial charge in [0, 0.05) is 24.4 Å². The van der Waals surface area contributed by atoms with Crippen LogP contribution in [0, 0.1) is 5.92 Å². The Bertz CT molecular complexity index is 514. The van der Waals surface area contributed by atoms with Gasteiger partial charge in [0.25, 0.3) is 0 Å². The van der Waals surface area contributed by atoms with Gasteiger partial charge < -0.3 is 5.32 Å². The average Bonchev–Trinajstić information content (AvgIpc) is 2.46. The molecule has 0 aliphatic carbocycles. The molecule has 1 N–H and O–H groups in total. The highest BCUT2D eigenvalue weighted by atomic mass is 16.1. The Morgan fingerprint density at radius 2 is 1.68 bits per heavy atom. The van der Waals surface area contributed by atoms with E-state index < -0.39 is 0 Å². The first-order valence-corrected chi connectivity index (χ1v) is 8.80. The average molecular weight is 299 g/mol. The van der Waals surface area contributed by atoms with Gasteiger partial charge in [-0.15, -0.1) is 0 Å². The molecule has 0 radical (unpaired) electrons. The van der Waals surface area contributed by atoms with E-state index in [1.165, 1.54) is 30.4 Å². The minimum atomic E-state index is 0.176. The van der Waals surface area contributed by atoms with Crippen molar-refractivity contribution in [2.75, 3.05) is 0 Å². The second-order valence-corrected chi connectivity index (χ2v) is 8.25. The molecule has 2 heteroatoms. The second-order valence-electron chi connectivity index (χ2n) is 8.25. The predicted molar refractivity (Wildman–Crippen MR) is 91.1 cm³/mol. The van der Waals surface area contributed by atoms with E-state index in [1.807, 2.05) is 0 Å². The van der Waals surface area contributed by atoms with Crippen molar-refractivity contribution in [3.8, 4) is 0 Å². The lowest BCUT2D eigenvalue weighted by atomic mass is 9.77. The molecular formula is C20H29NO. The molecule has 0 amide bonds. The van der Waals surface area contributed by atoms with Crippen LogP contribution < -0.4 is 5.32 Å². The number of ketones is 1. The van der Waals surface area contributed by atoms with Crippen molar-refractivity contribution >= 4 is 5.78 Å². The van der Waals surface area contributed by atoms with Gasteiger partial charge in [0.05, 0.1) is 0 Å². The van der Waals surface area contributed by atoms with Crippen LogP contribution in [0.15, 0.2) is 24.3 Å². The molecule has 2 heterocycles. The smallest absolute Gasteiger partial charge is 0.140 e. The van der Waals surface area contributed by atoms with E-state index in [9.17, 15) is 4.79 Å². The van der Waals surface area contributed by atoms with Crippen LogP contribution in [0.1, 0.15) is 64.0 Å². The third-order valence-electron chi connectivity index (χ3n) is 5.37. The molecule has 22 heavy (non-hydrogen) atoms. The molecule has 2 aliphatic heterocycles. The van der Waals surface area contributed by atoms with Crippen molar-refractivity contribution in [1.82, 2.24) is 5.32 Å². The summed E-state index contributed by atoms with van der Waals surface area (Å²) in [6.45, 7) is 6.67. The summed E-state index contributed by atoms with van der Waals surface area (Å²) in [5.41, 5.74) is 2.68. The molecule has 2 aliphatic rings. The number of rotatable bonds is 3. The van der Waals surface area contributed by atoms with Crippen LogP contribution in [0.5, 0.6) is 0 Å². The van der Waals surface area contributed by atoms with Crippen molar-refractivity contribution < 1.29 is 4.79 Å². The van der Waals surface area contributed by atoms with E-state index in [0.29, 0.717) is 24.3 Å². The molecule has 2 saturated heterocycles. The van der Waals surface area contributed by atoms with Crippen LogP contribution in [0.25, 0.3) is 0 Å². The Balaban J connectivity index is 1.62. The van der Waals surface area contributed by atoms with Crippen molar-refractivity contribution in [2.45, 2.75) is 76.8 Å². The summed E-state index contributed by atoms with van der Waals surface area (Å²) in [5, 5.41) is 3.67. The Hall–Kier alpha value is -1.15. The van der Waals surface area contributed by atoms with Crippen LogP contribution in [0.3, 0.4) is 0 Å². The van der Waals surface area contributed by atoms with E-state index in [0.717, 1.165) is 12.8 Å². The summed E-state index contributed by atoms with van der Waals surface area (Å²) in [6, 6.07) is 9.81. The van der Waals surface area contributed by atoms with Crippen LogP contribution in [0.4, 0.5) is 0 Å². The summed E-state index contributed by atoms with van der Waals surface area (Å²) in [7, 11) is 0. The second kappa shape index (κ2) is 6.16. The van der Waals surface area contributed by atoms with Crippen molar-refractivity contribution in [3.63, 3.8) is 0 Å². The number of hydrogen-bond acceptors (Lipinski definition) is 2. The highest BCUT2D eigenvalue weighted by Gasteiger charge is 2.34. The molecule has 3 rings (SSSR count). The fraction of sp³-hybridized carbons (Fsp3) is 0.650. The Morgan fingerprint density at radius 3 is 2.23 bits per heavy atom. The van der Waals surface area contributed by atoms with Crippen LogP contribution >= 0.6 is 0 Å². The number of Topliss-reactive ketones (excluding diaryl/α,β-unsaturated/α-hetero) is 1. The molecule has 2 unspecified atom stereocenters. The van der Waals surface area contributed by atoms with E-state index in [1.54, 1.807) is 0 Å². The molecule has 2 fully saturated rings. The van der Waals surface area contributed by atoms with Gasteiger partial charge in [-0.1, -0.05) is 51.5 Å². The highest BCUT2D eigenvalue weighted by Crippen LogP contribution is 2.31. The largest absolute Gasteiger partial charge is 0.311 e. The number of piperidine rings is 2.